The monoisotopic (exact) mass is 238 g/mol. The molecule has 0 saturated heterocycles. The van der Waals surface area contributed by atoms with Crippen molar-refractivity contribution in [3.63, 3.8) is 0 Å². The third kappa shape index (κ3) is 4.74. The number of carbonyl (C=O) groups is 1. The van der Waals surface area contributed by atoms with Gasteiger partial charge in [0, 0.05) is 26.3 Å². The van der Waals surface area contributed by atoms with Gasteiger partial charge < -0.3 is 20.1 Å². The molecule has 1 aromatic rings. The van der Waals surface area contributed by atoms with E-state index in [1.807, 2.05) is 43.3 Å². The molecule has 0 aromatic heterocycles. The maximum absolute atomic E-state index is 11.1. The lowest BCUT2D eigenvalue weighted by Gasteiger charge is -2.12. The smallest absolute Gasteiger partial charge is 0.407 e. The summed E-state index contributed by atoms with van der Waals surface area (Å²) in [6, 6.07) is 7.75. The van der Waals surface area contributed by atoms with Crippen LogP contribution in [0.3, 0.4) is 0 Å². The second kappa shape index (κ2) is 6.75. The molecule has 0 radical (unpaired) electrons. The first-order valence-electron chi connectivity index (χ1n) is 5.41. The molecule has 0 saturated carbocycles. The van der Waals surface area contributed by atoms with Crippen LogP contribution in [0, 0.1) is 0 Å². The zero-order valence-electron chi connectivity index (χ0n) is 10.1. The number of benzene rings is 1. The standard InChI is InChI=1S/C12H18N2O3/c1-14(2)11-5-3-10(4-6-11)9-17-12(16)13-7-8-15/h3-6,15H,7-9H2,1-2H3,(H,13,16). The minimum absolute atomic E-state index is 0.0906. The Labute approximate surface area is 101 Å². The molecule has 0 aliphatic carbocycles. The molecule has 0 fully saturated rings. The molecule has 0 aliphatic heterocycles. The summed E-state index contributed by atoms with van der Waals surface area (Å²) < 4.78 is 4.96. The van der Waals surface area contributed by atoms with Crippen molar-refractivity contribution in [2.75, 3.05) is 32.1 Å². The van der Waals surface area contributed by atoms with Crippen molar-refractivity contribution in [3.05, 3.63) is 29.8 Å². The number of amides is 1. The summed E-state index contributed by atoms with van der Waals surface area (Å²) in [7, 11) is 3.93. The van der Waals surface area contributed by atoms with Crippen LogP contribution in [0.1, 0.15) is 5.56 Å². The number of nitrogens with zero attached hydrogens (tertiary/aromatic N) is 1. The van der Waals surface area contributed by atoms with Crippen molar-refractivity contribution < 1.29 is 14.6 Å². The van der Waals surface area contributed by atoms with E-state index in [1.54, 1.807) is 0 Å². The van der Waals surface area contributed by atoms with Crippen LogP contribution in [0.5, 0.6) is 0 Å². The van der Waals surface area contributed by atoms with Crippen molar-refractivity contribution >= 4 is 11.8 Å². The number of alkyl carbamates (subject to hydrolysis) is 1. The molecule has 94 valence electrons. The van der Waals surface area contributed by atoms with Crippen LogP contribution in [0.25, 0.3) is 0 Å². The average Bonchev–Trinajstić information content (AvgIpc) is 2.34. The predicted octanol–water partition coefficient (Wildman–Crippen LogP) is 0.971. The Balaban J connectivity index is 2.39. The van der Waals surface area contributed by atoms with Crippen molar-refractivity contribution in [1.29, 1.82) is 0 Å². The summed E-state index contributed by atoms with van der Waals surface area (Å²) in [5, 5.41) is 10.9. The number of anilines is 1. The molecule has 0 atom stereocenters. The molecular formula is C12H18N2O3. The average molecular weight is 238 g/mol. The molecule has 2 N–H and O–H groups in total. The Kier molecular flexibility index (Phi) is 5.29. The number of rotatable bonds is 5. The molecular weight excluding hydrogens is 220 g/mol. The number of ether oxygens (including phenoxy) is 1. The maximum atomic E-state index is 11.1. The van der Waals surface area contributed by atoms with Gasteiger partial charge in [0.2, 0.25) is 0 Å². The lowest BCUT2D eigenvalue weighted by Crippen LogP contribution is -2.26. The van der Waals surface area contributed by atoms with Gasteiger partial charge in [-0.15, -0.1) is 0 Å². The molecule has 0 bridgehead atoms. The molecule has 17 heavy (non-hydrogen) atoms. The van der Waals surface area contributed by atoms with E-state index in [0.29, 0.717) is 0 Å². The molecule has 1 rings (SSSR count). The number of carbonyl (C=O) groups excluding carboxylic acids is 1. The van der Waals surface area contributed by atoms with Crippen LogP contribution in [-0.4, -0.2) is 38.4 Å². The number of aliphatic hydroxyl groups is 1. The number of hydrogen-bond donors (Lipinski definition) is 2. The highest BCUT2D eigenvalue weighted by atomic mass is 16.5. The molecule has 0 heterocycles. The summed E-state index contributed by atoms with van der Waals surface area (Å²) in [4.78, 5) is 13.1. The molecule has 5 heteroatoms. The van der Waals surface area contributed by atoms with Crippen molar-refractivity contribution in [3.8, 4) is 0 Å². The van der Waals surface area contributed by atoms with E-state index in [-0.39, 0.29) is 19.8 Å². The molecule has 1 amide bonds. The minimum atomic E-state index is -0.518. The third-order valence-electron chi connectivity index (χ3n) is 2.20. The first-order valence-corrected chi connectivity index (χ1v) is 5.41. The lowest BCUT2D eigenvalue weighted by atomic mass is 10.2. The largest absolute Gasteiger partial charge is 0.445 e. The highest BCUT2D eigenvalue weighted by Crippen LogP contribution is 2.12. The van der Waals surface area contributed by atoms with Gasteiger partial charge in [0.1, 0.15) is 6.61 Å². The van der Waals surface area contributed by atoms with Crippen LogP contribution in [0.15, 0.2) is 24.3 Å². The van der Waals surface area contributed by atoms with E-state index in [1.165, 1.54) is 0 Å². The third-order valence-corrected chi connectivity index (χ3v) is 2.20. The number of aliphatic hydroxyl groups excluding tert-OH is 1. The van der Waals surface area contributed by atoms with Crippen molar-refractivity contribution in [2.45, 2.75) is 6.61 Å². The summed E-state index contributed by atoms with van der Waals surface area (Å²) in [6.45, 7) is 0.343. The Bertz CT molecular complexity index is 349. The zero-order chi connectivity index (χ0) is 12.7. The Hall–Kier alpha value is -1.75. The van der Waals surface area contributed by atoms with Gasteiger partial charge in [-0.25, -0.2) is 4.79 Å². The van der Waals surface area contributed by atoms with Gasteiger partial charge in [0.15, 0.2) is 0 Å². The van der Waals surface area contributed by atoms with E-state index < -0.39 is 6.09 Å². The van der Waals surface area contributed by atoms with Gasteiger partial charge in [-0.3, -0.25) is 0 Å². The van der Waals surface area contributed by atoms with Crippen LogP contribution < -0.4 is 10.2 Å². The Morgan fingerprint density at radius 3 is 2.53 bits per heavy atom. The first-order chi connectivity index (χ1) is 8.13. The van der Waals surface area contributed by atoms with Crippen LogP contribution >= 0.6 is 0 Å². The highest BCUT2D eigenvalue weighted by Gasteiger charge is 2.01. The minimum Gasteiger partial charge on any atom is -0.445 e. The van der Waals surface area contributed by atoms with Crippen molar-refractivity contribution in [2.24, 2.45) is 0 Å². The highest BCUT2D eigenvalue weighted by molar-refractivity contribution is 5.67. The molecule has 5 nitrogen and oxygen atoms in total. The normalized spacial score (nSPS) is 9.82. The molecule has 0 unspecified atom stereocenters. The zero-order valence-corrected chi connectivity index (χ0v) is 10.1. The molecule has 0 spiro atoms. The van der Waals surface area contributed by atoms with Gasteiger partial charge in [-0.2, -0.15) is 0 Å². The fraction of sp³-hybridized carbons (Fsp3) is 0.417. The molecule has 1 aromatic carbocycles. The lowest BCUT2D eigenvalue weighted by molar-refractivity contribution is 0.137. The second-order valence-electron chi connectivity index (χ2n) is 3.79. The summed E-state index contributed by atoms with van der Waals surface area (Å²) in [5.74, 6) is 0. The van der Waals surface area contributed by atoms with Gasteiger partial charge in [0.25, 0.3) is 0 Å². The fourth-order valence-electron chi connectivity index (χ4n) is 1.25. The quantitative estimate of drug-likeness (QED) is 0.802. The maximum Gasteiger partial charge on any atom is 0.407 e. The van der Waals surface area contributed by atoms with Crippen LogP contribution in [0.2, 0.25) is 0 Å². The summed E-state index contributed by atoms with van der Waals surface area (Å²) in [5.41, 5.74) is 2.02. The van der Waals surface area contributed by atoms with Gasteiger partial charge in [0.05, 0.1) is 6.61 Å². The number of nitrogens with one attached hydrogen (secondary N) is 1. The Morgan fingerprint density at radius 2 is 2.00 bits per heavy atom. The van der Waals surface area contributed by atoms with Crippen LogP contribution in [0.4, 0.5) is 10.5 Å². The number of hydrogen-bond acceptors (Lipinski definition) is 4. The SMILES string of the molecule is CN(C)c1ccc(COC(=O)NCCO)cc1. The summed E-state index contributed by atoms with van der Waals surface area (Å²) in [6.07, 6.45) is -0.518. The van der Waals surface area contributed by atoms with Gasteiger partial charge >= 0.3 is 6.09 Å². The van der Waals surface area contributed by atoms with E-state index in [2.05, 4.69) is 5.32 Å². The van der Waals surface area contributed by atoms with E-state index in [9.17, 15) is 4.79 Å². The van der Waals surface area contributed by atoms with E-state index in [0.717, 1.165) is 11.3 Å². The Morgan fingerprint density at radius 1 is 1.35 bits per heavy atom. The predicted molar refractivity (Wildman–Crippen MR) is 66.0 cm³/mol. The first kappa shape index (κ1) is 13.3. The van der Waals surface area contributed by atoms with Gasteiger partial charge in [-0.05, 0) is 17.7 Å². The van der Waals surface area contributed by atoms with Gasteiger partial charge in [-0.1, -0.05) is 12.1 Å². The summed E-state index contributed by atoms with van der Waals surface area (Å²) >= 11 is 0. The topological polar surface area (TPSA) is 61.8 Å². The van der Waals surface area contributed by atoms with E-state index in [4.69, 9.17) is 9.84 Å². The van der Waals surface area contributed by atoms with E-state index >= 15 is 0 Å². The van der Waals surface area contributed by atoms with Crippen molar-refractivity contribution in [1.82, 2.24) is 5.32 Å². The fourth-order valence-corrected chi connectivity index (χ4v) is 1.25. The molecule has 0 aliphatic rings. The van der Waals surface area contributed by atoms with Crippen LogP contribution in [-0.2, 0) is 11.3 Å². The second-order valence-corrected chi connectivity index (χ2v) is 3.79.